The van der Waals surface area contributed by atoms with Crippen LogP contribution in [-0.4, -0.2) is 74.5 Å². The van der Waals surface area contributed by atoms with E-state index < -0.39 is 32.6 Å². The number of fused-ring (bicyclic) bond motifs is 1. The fourth-order valence-corrected chi connectivity index (χ4v) is 5.43. The van der Waals surface area contributed by atoms with Crippen LogP contribution in [0.3, 0.4) is 0 Å². The summed E-state index contributed by atoms with van der Waals surface area (Å²) in [4.78, 5) is 23.4. The van der Waals surface area contributed by atoms with E-state index in [0.29, 0.717) is 0 Å². The lowest BCUT2D eigenvalue weighted by atomic mass is 10.2. The van der Waals surface area contributed by atoms with E-state index in [-0.39, 0.29) is 63.1 Å². The number of pyridine rings is 2. The molecule has 4 rings (SSSR count). The van der Waals surface area contributed by atoms with E-state index in [0.717, 1.165) is 5.56 Å². The van der Waals surface area contributed by atoms with Crippen LogP contribution in [0.2, 0.25) is 0 Å². The molecule has 4 heterocycles. The lowest BCUT2D eigenvalue weighted by Gasteiger charge is -2.36. The van der Waals surface area contributed by atoms with Gasteiger partial charge in [0.15, 0.2) is 21.5 Å². The smallest absolute Gasteiger partial charge is 0.409 e. The van der Waals surface area contributed by atoms with E-state index in [9.17, 15) is 13.2 Å². The second-order valence-corrected chi connectivity index (χ2v) is 9.54. The van der Waals surface area contributed by atoms with Crippen LogP contribution in [0.4, 0.5) is 25.1 Å². The number of amides is 1. The monoisotopic (exact) mass is 467 g/mol. The van der Waals surface area contributed by atoms with Gasteiger partial charge in [-0.3, -0.25) is 4.98 Å². The second kappa shape index (κ2) is 8.85. The van der Waals surface area contributed by atoms with Crippen LogP contribution >= 0.6 is 0 Å². The van der Waals surface area contributed by atoms with E-state index in [4.69, 9.17) is 4.74 Å². The minimum Gasteiger partial charge on any atom is -0.450 e. The van der Waals surface area contributed by atoms with Crippen molar-refractivity contribution >= 4 is 27.4 Å². The normalized spacial score (nSPS) is 17.8. The first-order valence-corrected chi connectivity index (χ1v) is 11.9. The van der Waals surface area contributed by atoms with Gasteiger partial charge in [-0.15, -0.1) is 0 Å². The van der Waals surface area contributed by atoms with Gasteiger partial charge in [0.1, 0.15) is 10.6 Å². The van der Waals surface area contributed by atoms with Crippen LogP contribution in [0.15, 0.2) is 29.4 Å². The molecule has 0 saturated carbocycles. The maximum atomic E-state index is 15.5. The summed E-state index contributed by atoms with van der Waals surface area (Å²) in [6, 6.07) is 3.49. The molecule has 0 atom stereocenters. The highest BCUT2D eigenvalue weighted by Gasteiger charge is 2.38. The Morgan fingerprint density at radius 2 is 1.94 bits per heavy atom. The molecule has 9 nitrogen and oxygen atoms in total. The predicted octanol–water partition coefficient (Wildman–Crippen LogP) is 1.83. The molecule has 2 aliphatic heterocycles. The van der Waals surface area contributed by atoms with Crippen LogP contribution < -0.4 is 9.80 Å². The summed E-state index contributed by atoms with van der Waals surface area (Å²) in [5.74, 6) is -2.81. The molecule has 0 N–H and O–H groups in total. The van der Waals surface area contributed by atoms with Crippen molar-refractivity contribution in [3.8, 4) is 0 Å². The number of hydrogen-bond donors (Lipinski definition) is 0. The molecular weight excluding hydrogens is 444 g/mol. The Balaban J connectivity index is 1.65. The summed E-state index contributed by atoms with van der Waals surface area (Å²) in [5, 5.41) is 0. The Hall–Kier alpha value is -3.02. The van der Waals surface area contributed by atoms with Crippen LogP contribution in [0.5, 0.6) is 0 Å². The molecule has 1 fully saturated rings. The molecule has 1 amide bonds. The largest absolute Gasteiger partial charge is 0.450 e. The number of sulfone groups is 1. The fourth-order valence-electron chi connectivity index (χ4n) is 3.89. The number of carbonyl (C=O) groups is 1. The summed E-state index contributed by atoms with van der Waals surface area (Å²) < 4.78 is 61.1. The third-order valence-electron chi connectivity index (χ3n) is 5.47. The lowest BCUT2D eigenvalue weighted by molar-refractivity contribution is 0.105. The molecule has 1 saturated heterocycles. The highest BCUT2D eigenvalue weighted by molar-refractivity contribution is 7.91. The molecule has 0 bridgehead atoms. The summed E-state index contributed by atoms with van der Waals surface area (Å²) in [6.07, 6.45) is 2.70. The number of ether oxygens (including phenoxy) is 1. The third-order valence-corrected chi connectivity index (χ3v) is 7.18. The quantitative estimate of drug-likeness (QED) is 0.629. The highest BCUT2D eigenvalue weighted by atomic mass is 32.2. The Bertz CT molecular complexity index is 1110. The van der Waals surface area contributed by atoms with Crippen molar-refractivity contribution in [2.24, 2.45) is 0 Å². The maximum Gasteiger partial charge on any atom is 0.409 e. The van der Waals surface area contributed by atoms with E-state index in [1.807, 2.05) is 0 Å². The van der Waals surface area contributed by atoms with Gasteiger partial charge in [-0.1, -0.05) is 6.07 Å². The van der Waals surface area contributed by atoms with Gasteiger partial charge in [0, 0.05) is 51.7 Å². The van der Waals surface area contributed by atoms with E-state index in [1.54, 1.807) is 31.5 Å². The molecule has 2 aromatic rings. The number of carbonyl (C=O) groups excluding carboxylic acids is 1. The fraction of sp³-hybridized carbons (Fsp3) is 0.450. The van der Waals surface area contributed by atoms with Gasteiger partial charge < -0.3 is 19.4 Å². The van der Waals surface area contributed by atoms with Crippen LogP contribution in [0.25, 0.3) is 0 Å². The number of piperazine rings is 1. The summed E-state index contributed by atoms with van der Waals surface area (Å²) >= 11 is 0. The molecule has 0 spiro atoms. The zero-order valence-electron chi connectivity index (χ0n) is 17.5. The Labute approximate surface area is 184 Å². The molecule has 2 aromatic heterocycles. The van der Waals surface area contributed by atoms with Crippen molar-refractivity contribution in [1.82, 2.24) is 14.9 Å². The summed E-state index contributed by atoms with van der Waals surface area (Å²) in [5.41, 5.74) is 0.378. The van der Waals surface area contributed by atoms with Gasteiger partial charge in [-0.25, -0.2) is 17.6 Å². The molecule has 2 aliphatic rings. The first-order valence-electron chi connectivity index (χ1n) is 10.2. The Morgan fingerprint density at radius 1 is 1.19 bits per heavy atom. The number of anilines is 2. The van der Waals surface area contributed by atoms with Crippen molar-refractivity contribution in [1.29, 1.82) is 0 Å². The van der Waals surface area contributed by atoms with Gasteiger partial charge in [0.05, 0.1) is 12.4 Å². The molecule has 32 heavy (non-hydrogen) atoms. The van der Waals surface area contributed by atoms with Gasteiger partial charge >= 0.3 is 6.09 Å². The standard InChI is InChI=1S/C20H23F2N5O4S/c1-2-31-20(28)26-8-6-25(7-9-26)19-15(21)17-16(18(22)24-19)27(10-11-32(17,29)30)13-14-4-3-5-23-12-14/h3-5,12H,2,6-11,13H2,1H3. The molecule has 12 heteroatoms. The van der Waals surface area contributed by atoms with E-state index in [2.05, 4.69) is 9.97 Å². The number of halogens is 2. The van der Waals surface area contributed by atoms with Crippen LogP contribution in [-0.2, 0) is 21.1 Å². The minimum atomic E-state index is -4.04. The second-order valence-electron chi connectivity index (χ2n) is 7.49. The number of nitrogens with zero attached hydrogens (tertiary/aromatic N) is 5. The molecule has 0 unspecified atom stereocenters. The van der Waals surface area contributed by atoms with Gasteiger partial charge in [-0.05, 0) is 18.6 Å². The number of aromatic nitrogens is 2. The maximum absolute atomic E-state index is 15.5. The SMILES string of the molecule is CCOC(=O)N1CCN(c2nc(F)c3c(c2F)S(=O)(=O)CCN3Cc2cccnc2)CC1. The zero-order valence-corrected chi connectivity index (χ0v) is 18.3. The van der Waals surface area contributed by atoms with Gasteiger partial charge in [-0.2, -0.15) is 9.37 Å². The van der Waals surface area contributed by atoms with Crippen molar-refractivity contribution in [3.05, 3.63) is 41.9 Å². The van der Waals surface area contributed by atoms with Crippen molar-refractivity contribution in [2.75, 3.05) is 54.9 Å². The minimum absolute atomic E-state index is 0.0137. The first-order chi connectivity index (χ1) is 15.3. The number of rotatable bonds is 4. The molecule has 172 valence electrons. The van der Waals surface area contributed by atoms with Gasteiger partial charge in [0.2, 0.25) is 5.95 Å². The lowest BCUT2D eigenvalue weighted by Crippen LogP contribution is -2.49. The predicted molar refractivity (Wildman–Crippen MR) is 112 cm³/mol. The van der Waals surface area contributed by atoms with Crippen LogP contribution in [0, 0.1) is 11.8 Å². The van der Waals surface area contributed by atoms with Crippen molar-refractivity contribution < 1.29 is 26.7 Å². The Morgan fingerprint density at radius 3 is 2.59 bits per heavy atom. The average Bonchev–Trinajstić information content (AvgIpc) is 2.78. The summed E-state index contributed by atoms with van der Waals surface area (Å²) in [7, 11) is -4.04. The average molecular weight is 467 g/mol. The third kappa shape index (κ3) is 4.18. The number of hydrogen-bond acceptors (Lipinski definition) is 8. The molecular formula is C20H23F2N5O4S. The van der Waals surface area contributed by atoms with Gasteiger partial charge in [0.25, 0.3) is 0 Å². The van der Waals surface area contributed by atoms with E-state index in [1.165, 1.54) is 14.7 Å². The summed E-state index contributed by atoms with van der Waals surface area (Å²) in [6.45, 7) is 2.89. The molecule has 0 radical (unpaired) electrons. The molecule has 0 aliphatic carbocycles. The topological polar surface area (TPSA) is 95.9 Å². The zero-order chi connectivity index (χ0) is 22.9. The first kappa shape index (κ1) is 22.2. The van der Waals surface area contributed by atoms with Crippen LogP contribution in [0.1, 0.15) is 12.5 Å². The van der Waals surface area contributed by atoms with Crippen molar-refractivity contribution in [3.63, 3.8) is 0 Å². The Kier molecular flexibility index (Phi) is 6.13. The van der Waals surface area contributed by atoms with Crippen molar-refractivity contribution in [2.45, 2.75) is 18.4 Å². The highest BCUT2D eigenvalue weighted by Crippen LogP contribution is 2.38. The van der Waals surface area contributed by atoms with E-state index >= 15 is 8.78 Å². The molecule has 0 aromatic carbocycles.